The number of hydrogen-bond donors (Lipinski definition) is 2. The van der Waals surface area contributed by atoms with E-state index in [4.69, 9.17) is 10.5 Å². The highest BCUT2D eigenvalue weighted by Crippen LogP contribution is 2.18. The molecule has 0 saturated heterocycles. The van der Waals surface area contributed by atoms with Crippen LogP contribution in [0.2, 0.25) is 0 Å². The zero-order valence-electron chi connectivity index (χ0n) is 11.4. The largest absolute Gasteiger partial charge is 0.385 e. The van der Waals surface area contributed by atoms with E-state index in [9.17, 15) is 0 Å². The van der Waals surface area contributed by atoms with Gasteiger partial charge in [0, 0.05) is 25.9 Å². The molecule has 0 unspecified atom stereocenters. The van der Waals surface area contributed by atoms with Crippen molar-refractivity contribution in [1.82, 2.24) is 0 Å². The lowest BCUT2D eigenvalue weighted by Crippen LogP contribution is -2.23. The number of methoxy groups -OCH3 is 1. The van der Waals surface area contributed by atoms with Gasteiger partial charge in [-0.25, -0.2) is 0 Å². The molecule has 1 aromatic rings. The lowest BCUT2D eigenvalue weighted by molar-refractivity contribution is 0.197. The number of aliphatic imine (C=N–C) groups is 1. The van der Waals surface area contributed by atoms with Gasteiger partial charge in [0.15, 0.2) is 5.96 Å². The van der Waals surface area contributed by atoms with Crippen LogP contribution in [0.4, 0.5) is 5.69 Å². The first kappa shape index (κ1) is 14.5. The Morgan fingerprint density at radius 2 is 2.22 bits per heavy atom. The number of hydrogen-bond acceptors (Lipinski definition) is 2. The molecule has 1 aromatic carbocycles. The van der Waals surface area contributed by atoms with Crippen molar-refractivity contribution in [1.29, 1.82) is 0 Å². The highest BCUT2D eigenvalue weighted by atomic mass is 16.5. The molecule has 100 valence electrons. The van der Waals surface area contributed by atoms with E-state index in [0.29, 0.717) is 25.0 Å². The third-order valence-corrected chi connectivity index (χ3v) is 2.61. The summed E-state index contributed by atoms with van der Waals surface area (Å²) in [5.74, 6) is 0.957. The molecule has 0 aromatic heterocycles. The van der Waals surface area contributed by atoms with Crippen molar-refractivity contribution in [3.8, 4) is 0 Å². The van der Waals surface area contributed by atoms with Gasteiger partial charge in [0.25, 0.3) is 0 Å². The molecule has 3 N–H and O–H groups in total. The Bertz CT molecular complexity index is 388. The summed E-state index contributed by atoms with van der Waals surface area (Å²) in [6.45, 7) is 5.72. The standard InChI is InChI=1S/C14H23N3O/c1-11(2)12-6-4-7-13(10-12)17-14(15)16-8-5-9-18-3/h4,6-7,10-11H,5,8-9H2,1-3H3,(H3,15,16,17). The van der Waals surface area contributed by atoms with E-state index < -0.39 is 0 Å². The minimum atomic E-state index is 0.451. The highest BCUT2D eigenvalue weighted by molar-refractivity contribution is 5.92. The van der Waals surface area contributed by atoms with E-state index in [1.54, 1.807) is 7.11 Å². The second kappa shape index (κ2) is 7.71. The van der Waals surface area contributed by atoms with Gasteiger partial charge in [-0.15, -0.1) is 0 Å². The maximum absolute atomic E-state index is 5.81. The average Bonchev–Trinajstić information content (AvgIpc) is 2.35. The van der Waals surface area contributed by atoms with Gasteiger partial charge in [-0.3, -0.25) is 4.99 Å². The van der Waals surface area contributed by atoms with Gasteiger partial charge in [0.05, 0.1) is 0 Å². The quantitative estimate of drug-likeness (QED) is 0.463. The first-order valence-electron chi connectivity index (χ1n) is 6.29. The lowest BCUT2D eigenvalue weighted by atomic mass is 10.0. The summed E-state index contributed by atoms with van der Waals surface area (Å²) >= 11 is 0. The minimum absolute atomic E-state index is 0.451. The molecule has 0 aliphatic heterocycles. The summed E-state index contributed by atoms with van der Waals surface area (Å²) in [5.41, 5.74) is 8.08. The molecular formula is C14H23N3O. The fourth-order valence-electron chi connectivity index (χ4n) is 1.57. The predicted octanol–water partition coefficient (Wildman–Crippen LogP) is 2.57. The summed E-state index contributed by atoms with van der Waals surface area (Å²) in [6, 6.07) is 8.23. The first-order valence-corrected chi connectivity index (χ1v) is 6.29. The molecule has 0 aliphatic carbocycles. The van der Waals surface area contributed by atoms with Gasteiger partial charge in [-0.2, -0.15) is 0 Å². The monoisotopic (exact) mass is 249 g/mol. The third-order valence-electron chi connectivity index (χ3n) is 2.61. The van der Waals surface area contributed by atoms with Crippen molar-refractivity contribution in [3.05, 3.63) is 29.8 Å². The number of ether oxygens (including phenoxy) is 1. The van der Waals surface area contributed by atoms with Gasteiger partial charge in [-0.05, 0) is 30.0 Å². The fourth-order valence-corrected chi connectivity index (χ4v) is 1.57. The van der Waals surface area contributed by atoms with Gasteiger partial charge in [0.2, 0.25) is 0 Å². The topological polar surface area (TPSA) is 59.6 Å². The summed E-state index contributed by atoms with van der Waals surface area (Å²) in [4.78, 5) is 4.23. The van der Waals surface area contributed by atoms with Crippen LogP contribution in [0, 0.1) is 0 Å². The Morgan fingerprint density at radius 3 is 2.89 bits per heavy atom. The number of guanidine groups is 1. The number of nitrogens with two attached hydrogens (primary N) is 1. The lowest BCUT2D eigenvalue weighted by Gasteiger charge is -2.09. The van der Waals surface area contributed by atoms with E-state index in [1.165, 1.54) is 5.56 Å². The smallest absolute Gasteiger partial charge is 0.193 e. The van der Waals surface area contributed by atoms with E-state index in [2.05, 4.69) is 36.3 Å². The summed E-state index contributed by atoms with van der Waals surface area (Å²) in [5, 5.41) is 3.10. The van der Waals surface area contributed by atoms with Crippen LogP contribution < -0.4 is 11.1 Å². The molecular weight excluding hydrogens is 226 g/mol. The molecule has 4 nitrogen and oxygen atoms in total. The average molecular weight is 249 g/mol. The maximum atomic E-state index is 5.81. The van der Waals surface area contributed by atoms with Crippen LogP contribution in [-0.4, -0.2) is 26.2 Å². The Hall–Kier alpha value is -1.55. The molecule has 0 bridgehead atoms. The van der Waals surface area contributed by atoms with E-state index >= 15 is 0 Å². The number of nitrogens with zero attached hydrogens (tertiary/aromatic N) is 1. The molecule has 4 heteroatoms. The molecule has 0 heterocycles. The van der Waals surface area contributed by atoms with Crippen LogP contribution in [-0.2, 0) is 4.74 Å². The number of anilines is 1. The minimum Gasteiger partial charge on any atom is -0.385 e. The SMILES string of the molecule is COCCCN=C(N)Nc1cccc(C(C)C)c1. The number of benzene rings is 1. The molecule has 0 saturated carbocycles. The van der Waals surface area contributed by atoms with Crippen LogP contribution in [0.3, 0.4) is 0 Å². The number of rotatable bonds is 6. The van der Waals surface area contributed by atoms with Crippen LogP contribution in [0.25, 0.3) is 0 Å². The van der Waals surface area contributed by atoms with Gasteiger partial charge in [-0.1, -0.05) is 26.0 Å². The van der Waals surface area contributed by atoms with Crippen LogP contribution in [0.1, 0.15) is 31.7 Å². The molecule has 0 radical (unpaired) electrons. The normalized spacial score (nSPS) is 11.9. The summed E-state index contributed by atoms with van der Waals surface area (Å²) < 4.78 is 4.95. The van der Waals surface area contributed by atoms with E-state index in [1.807, 2.05) is 12.1 Å². The number of nitrogens with one attached hydrogen (secondary N) is 1. The molecule has 18 heavy (non-hydrogen) atoms. The molecule has 0 atom stereocenters. The summed E-state index contributed by atoms with van der Waals surface area (Å²) in [6.07, 6.45) is 0.880. The van der Waals surface area contributed by atoms with Crippen molar-refractivity contribution < 1.29 is 4.74 Å². The molecule has 0 spiro atoms. The highest BCUT2D eigenvalue weighted by Gasteiger charge is 2.00. The maximum Gasteiger partial charge on any atom is 0.193 e. The second-order valence-electron chi connectivity index (χ2n) is 4.52. The predicted molar refractivity (Wildman–Crippen MR) is 77.1 cm³/mol. The van der Waals surface area contributed by atoms with Crippen molar-refractivity contribution in [2.75, 3.05) is 25.6 Å². The Labute approximate surface area is 109 Å². The van der Waals surface area contributed by atoms with Crippen LogP contribution >= 0.6 is 0 Å². The second-order valence-corrected chi connectivity index (χ2v) is 4.52. The van der Waals surface area contributed by atoms with Crippen LogP contribution in [0.5, 0.6) is 0 Å². The Kier molecular flexibility index (Phi) is 6.22. The van der Waals surface area contributed by atoms with E-state index in [-0.39, 0.29) is 0 Å². The van der Waals surface area contributed by atoms with Gasteiger partial charge in [0.1, 0.15) is 0 Å². The van der Waals surface area contributed by atoms with Gasteiger partial charge >= 0.3 is 0 Å². The molecule has 0 amide bonds. The Morgan fingerprint density at radius 1 is 1.44 bits per heavy atom. The van der Waals surface area contributed by atoms with Crippen molar-refractivity contribution >= 4 is 11.6 Å². The van der Waals surface area contributed by atoms with Crippen LogP contribution in [0.15, 0.2) is 29.3 Å². The zero-order valence-corrected chi connectivity index (χ0v) is 11.4. The van der Waals surface area contributed by atoms with Crippen molar-refractivity contribution in [3.63, 3.8) is 0 Å². The van der Waals surface area contributed by atoms with E-state index in [0.717, 1.165) is 12.1 Å². The molecule has 1 rings (SSSR count). The fraction of sp³-hybridized carbons (Fsp3) is 0.500. The first-order chi connectivity index (χ1) is 8.63. The third kappa shape index (κ3) is 5.19. The van der Waals surface area contributed by atoms with Gasteiger partial charge < -0.3 is 15.8 Å². The zero-order chi connectivity index (χ0) is 13.4. The molecule has 0 fully saturated rings. The Balaban J connectivity index is 2.53. The summed E-state index contributed by atoms with van der Waals surface area (Å²) in [7, 11) is 1.68. The van der Waals surface area contributed by atoms with Crippen molar-refractivity contribution in [2.24, 2.45) is 10.7 Å². The molecule has 0 aliphatic rings. The van der Waals surface area contributed by atoms with Crippen molar-refractivity contribution in [2.45, 2.75) is 26.2 Å².